The number of benzene rings is 3. The van der Waals surface area contributed by atoms with Gasteiger partial charge >= 0.3 is 11.9 Å². The van der Waals surface area contributed by atoms with Gasteiger partial charge < -0.3 is 31.1 Å². The summed E-state index contributed by atoms with van der Waals surface area (Å²) in [6.07, 6.45) is 0.447. The smallest absolute Gasteiger partial charge is 0.336 e. The van der Waals surface area contributed by atoms with Gasteiger partial charge in [0.05, 0.1) is 11.3 Å². The highest BCUT2D eigenvalue weighted by atomic mass is 19.1. The van der Waals surface area contributed by atoms with E-state index >= 15 is 0 Å². The first kappa shape index (κ1) is 23.1. The highest BCUT2D eigenvalue weighted by molar-refractivity contribution is 6.21. The van der Waals surface area contributed by atoms with Crippen LogP contribution in [-0.2, 0) is 9.59 Å². The maximum atomic E-state index is 14.1. The maximum Gasteiger partial charge on any atom is 0.336 e. The SMILES string of the molecule is N=C(N)c1ccc2[nH]c(-c3ccc(C(=CC(=O)O)C(=O)O)c(-c4cc(F)ccc4O)c3O)cc2c1. The number of amidine groups is 1. The number of aromatic hydroxyl groups is 2. The Morgan fingerprint density at radius 3 is 2.37 bits per heavy atom. The number of nitrogen functional groups attached to an aromatic ring is 1. The normalized spacial score (nSPS) is 11.5. The van der Waals surface area contributed by atoms with Crippen molar-refractivity contribution in [1.29, 1.82) is 5.41 Å². The quantitative estimate of drug-likeness (QED) is 0.125. The van der Waals surface area contributed by atoms with Crippen LogP contribution in [0.5, 0.6) is 11.5 Å². The van der Waals surface area contributed by atoms with Crippen molar-refractivity contribution in [2.24, 2.45) is 5.73 Å². The topological polar surface area (TPSA) is 181 Å². The summed E-state index contributed by atoms with van der Waals surface area (Å²) in [7, 11) is 0. The molecule has 0 aliphatic carbocycles. The van der Waals surface area contributed by atoms with Gasteiger partial charge in [-0.3, -0.25) is 5.41 Å². The summed E-state index contributed by atoms with van der Waals surface area (Å²) < 4.78 is 14.1. The van der Waals surface area contributed by atoms with Crippen molar-refractivity contribution >= 4 is 34.3 Å². The van der Waals surface area contributed by atoms with Crippen molar-refractivity contribution in [3.63, 3.8) is 0 Å². The number of hydrogen-bond donors (Lipinski definition) is 7. The Kier molecular flexibility index (Phi) is 5.71. The van der Waals surface area contributed by atoms with Gasteiger partial charge in [-0.05, 0) is 48.5 Å². The van der Waals surface area contributed by atoms with Crippen molar-refractivity contribution in [1.82, 2.24) is 4.98 Å². The first-order chi connectivity index (χ1) is 16.6. The van der Waals surface area contributed by atoms with Crippen molar-refractivity contribution in [2.45, 2.75) is 0 Å². The van der Waals surface area contributed by atoms with Crippen molar-refractivity contribution in [2.75, 3.05) is 0 Å². The number of carbonyl (C=O) groups is 2. The fourth-order valence-corrected chi connectivity index (χ4v) is 3.84. The summed E-state index contributed by atoms with van der Waals surface area (Å²) in [6, 6.07) is 12.2. The molecule has 0 radical (unpaired) electrons. The molecule has 9 nitrogen and oxygen atoms in total. The third kappa shape index (κ3) is 4.27. The molecule has 0 bridgehead atoms. The zero-order valence-electron chi connectivity index (χ0n) is 17.8. The molecule has 0 saturated heterocycles. The van der Waals surface area contributed by atoms with Gasteiger partial charge in [0.2, 0.25) is 0 Å². The third-order valence-electron chi connectivity index (χ3n) is 5.42. The molecule has 1 aromatic heterocycles. The molecule has 0 unspecified atom stereocenters. The second kappa shape index (κ2) is 8.67. The number of carboxylic acids is 2. The van der Waals surface area contributed by atoms with Gasteiger partial charge in [0.1, 0.15) is 23.2 Å². The Balaban J connectivity index is 2.03. The molecule has 35 heavy (non-hydrogen) atoms. The van der Waals surface area contributed by atoms with Gasteiger partial charge in [-0.2, -0.15) is 0 Å². The monoisotopic (exact) mass is 475 g/mol. The van der Waals surface area contributed by atoms with Crippen LogP contribution in [0.2, 0.25) is 0 Å². The summed E-state index contributed by atoms with van der Waals surface area (Å²) in [6.45, 7) is 0. The second-order valence-corrected chi connectivity index (χ2v) is 7.65. The zero-order valence-corrected chi connectivity index (χ0v) is 17.8. The molecule has 0 atom stereocenters. The van der Waals surface area contributed by atoms with Gasteiger partial charge in [-0.25, -0.2) is 14.0 Å². The average Bonchev–Trinajstić information content (AvgIpc) is 3.21. The number of hydrogen-bond acceptors (Lipinski definition) is 5. The highest BCUT2D eigenvalue weighted by Crippen LogP contribution is 2.46. The average molecular weight is 475 g/mol. The molecule has 10 heteroatoms. The Hall–Kier alpha value is -5.12. The molecule has 8 N–H and O–H groups in total. The number of nitrogens with two attached hydrogens (primary N) is 1. The number of phenolic OH excluding ortho intramolecular Hbond substituents is 2. The minimum absolute atomic E-state index is 0.128. The Labute approximate surface area is 196 Å². The fraction of sp³-hybridized carbons (Fsp3) is 0. The van der Waals surface area contributed by atoms with Gasteiger partial charge in [-0.1, -0.05) is 6.07 Å². The van der Waals surface area contributed by atoms with Crippen LogP contribution in [0.3, 0.4) is 0 Å². The summed E-state index contributed by atoms with van der Waals surface area (Å²) >= 11 is 0. The molecule has 0 aliphatic heterocycles. The molecule has 4 rings (SSSR count). The minimum atomic E-state index is -1.60. The van der Waals surface area contributed by atoms with Crippen LogP contribution < -0.4 is 5.73 Å². The fourth-order valence-electron chi connectivity index (χ4n) is 3.84. The molecule has 0 amide bonds. The van der Waals surface area contributed by atoms with Gasteiger partial charge in [-0.15, -0.1) is 0 Å². The highest BCUT2D eigenvalue weighted by Gasteiger charge is 2.25. The van der Waals surface area contributed by atoms with E-state index < -0.39 is 34.8 Å². The number of halogens is 1. The van der Waals surface area contributed by atoms with Gasteiger partial charge in [0, 0.05) is 44.8 Å². The van der Waals surface area contributed by atoms with Crippen LogP contribution in [0, 0.1) is 11.2 Å². The van der Waals surface area contributed by atoms with E-state index in [-0.39, 0.29) is 28.1 Å². The van der Waals surface area contributed by atoms with Crippen molar-refractivity contribution < 1.29 is 34.4 Å². The molecule has 0 aliphatic rings. The number of carboxylic acid groups (broad SMARTS) is 2. The number of phenols is 2. The van der Waals surface area contributed by atoms with E-state index in [0.717, 1.165) is 18.2 Å². The first-order valence-corrected chi connectivity index (χ1v) is 10.1. The molecule has 0 fully saturated rings. The summed E-state index contributed by atoms with van der Waals surface area (Å²) in [5.41, 5.74) is 5.83. The second-order valence-electron chi connectivity index (χ2n) is 7.65. The maximum absolute atomic E-state index is 14.1. The van der Waals surface area contributed by atoms with Crippen LogP contribution in [0.25, 0.3) is 38.9 Å². The number of aliphatic carboxylic acids is 2. The molecule has 1 heterocycles. The van der Waals surface area contributed by atoms with Crippen molar-refractivity contribution in [3.8, 4) is 33.9 Å². The van der Waals surface area contributed by atoms with E-state index in [9.17, 15) is 29.3 Å². The third-order valence-corrected chi connectivity index (χ3v) is 5.42. The molecule has 176 valence electrons. The van der Waals surface area contributed by atoms with E-state index in [1.807, 2.05) is 0 Å². The van der Waals surface area contributed by atoms with E-state index in [4.69, 9.17) is 16.2 Å². The molecule has 4 aromatic rings. The largest absolute Gasteiger partial charge is 0.507 e. The molecular weight excluding hydrogens is 457 g/mol. The van der Waals surface area contributed by atoms with Crippen LogP contribution in [0.1, 0.15) is 11.1 Å². The summed E-state index contributed by atoms with van der Waals surface area (Å²) in [5.74, 6) is -5.01. The van der Waals surface area contributed by atoms with E-state index in [1.54, 1.807) is 24.3 Å². The lowest BCUT2D eigenvalue weighted by molar-refractivity contribution is -0.133. The van der Waals surface area contributed by atoms with Crippen LogP contribution in [0.4, 0.5) is 4.39 Å². The Morgan fingerprint density at radius 1 is 0.971 bits per heavy atom. The Bertz CT molecular complexity index is 1570. The zero-order chi connectivity index (χ0) is 25.4. The molecule has 0 spiro atoms. The number of aromatic amines is 1. The standard InChI is InChI=1S/C25H18FN3O6/c26-13-2-6-20(30)17(9-13)22-14(16(25(34)35)10-21(31)32)3-4-15(23(22)33)19-8-12-7-11(24(27)28)1-5-18(12)29-19/h1-10,29-30,33H,(H3,27,28)(H,31,32)(H,34,35). The number of aromatic nitrogens is 1. The van der Waals surface area contributed by atoms with Gasteiger partial charge in [0.25, 0.3) is 0 Å². The van der Waals surface area contributed by atoms with E-state index in [2.05, 4.69) is 4.98 Å². The molecule has 3 aromatic carbocycles. The van der Waals surface area contributed by atoms with E-state index in [0.29, 0.717) is 28.2 Å². The molecular formula is C25H18FN3O6. The lowest BCUT2D eigenvalue weighted by Gasteiger charge is -2.16. The van der Waals surface area contributed by atoms with E-state index in [1.165, 1.54) is 12.1 Å². The van der Waals surface area contributed by atoms with Crippen LogP contribution in [-0.4, -0.2) is 43.2 Å². The summed E-state index contributed by atoms with van der Waals surface area (Å²) in [5, 5.41) is 48.7. The number of rotatable bonds is 6. The number of H-pyrrole nitrogens is 1. The van der Waals surface area contributed by atoms with Crippen molar-refractivity contribution in [3.05, 3.63) is 77.6 Å². The summed E-state index contributed by atoms with van der Waals surface area (Å²) in [4.78, 5) is 26.2. The predicted molar refractivity (Wildman–Crippen MR) is 127 cm³/mol. The predicted octanol–water partition coefficient (Wildman–Crippen LogP) is 3.89. The first-order valence-electron chi connectivity index (χ1n) is 10.1. The van der Waals surface area contributed by atoms with Crippen LogP contribution in [0.15, 0.2) is 60.7 Å². The lowest BCUT2D eigenvalue weighted by Crippen LogP contribution is -2.10. The lowest BCUT2D eigenvalue weighted by atomic mass is 9.90. The van der Waals surface area contributed by atoms with Crippen LogP contribution >= 0.6 is 0 Å². The Morgan fingerprint density at radius 2 is 1.71 bits per heavy atom. The molecule has 0 saturated carbocycles. The number of fused-ring (bicyclic) bond motifs is 1. The van der Waals surface area contributed by atoms with Gasteiger partial charge in [0.15, 0.2) is 0 Å². The number of nitrogens with one attached hydrogen (secondary N) is 2. The minimum Gasteiger partial charge on any atom is -0.507 e.